The van der Waals surface area contributed by atoms with Gasteiger partial charge in [0.2, 0.25) is 0 Å². The number of allylic oxidation sites excluding steroid dienone is 4. The monoisotopic (exact) mass is 313 g/mol. The number of methoxy groups -OCH3 is 1. The smallest absolute Gasteiger partial charge is 0.272 e. The Labute approximate surface area is 134 Å². The Kier molecular flexibility index (Phi) is 4.05. The van der Waals surface area contributed by atoms with Gasteiger partial charge in [-0.05, 0) is 66.7 Å². The molecule has 1 atom stereocenters. The summed E-state index contributed by atoms with van der Waals surface area (Å²) in [5.74, 6) is 0.498. The summed E-state index contributed by atoms with van der Waals surface area (Å²) in [5.41, 5.74) is 4.89. The molecule has 2 aliphatic rings. The lowest BCUT2D eigenvalue weighted by molar-refractivity contribution is -0.385. The fraction of sp³-hybridized carbons (Fsp3) is 0.333. The van der Waals surface area contributed by atoms with Crippen LogP contribution in [0, 0.1) is 17.0 Å². The predicted molar refractivity (Wildman–Crippen MR) is 87.9 cm³/mol. The van der Waals surface area contributed by atoms with Crippen LogP contribution in [0.5, 0.6) is 0 Å². The van der Waals surface area contributed by atoms with Crippen molar-refractivity contribution in [3.05, 3.63) is 68.5 Å². The number of ether oxygens (including phenoxy) is 1. The van der Waals surface area contributed by atoms with Crippen molar-refractivity contribution < 1.29 is 14.8 Å². The Morgan fingerprint density at radius 1 is 1.30 bits per heavy atom. The Morgan fingerprint density at radius 2 is 2.09 bits per heavy atom. The summed E-state index contributed by atoms with van der Waals surface area (Å²) in [6, 6.07) is 3.58. The van der Waals surface area contributed by atoms with E-state index >= 15 is 0 Å². The zero-order valence-electron chi connectivity index (χ0n) is 13.2. The third-order valence-electron chi connectivity index (χ3n) is 4.45. The van der Waals surface area contributed by atoms with Gasteiger partial charge < -0.3 is 9.84 Å². The van der Waals surface area contributed by atoms with Crippen LogP contribution in [0.4, 0.5) is 5.69 Å². The van der Waals surface area contributed by atoms with Crippen LogP contribution < -0.4 is 0 Å². The molecule has 1 N–H and O–H groups in total. The number of nitro benzene ring substituents is 1. The van der Waals surface area contributed by atoms with E-state index in [2.05, 4.69) is 0 Å². The van der Waals surface area contributed by atoms with E-state index in [1.165, 1.54) is 7.11 Å². The lowest BCUT2D eigenvalue weighted by Crippen LogP contribution is -2.08. The number of nitro groups is 1. The Morgan fingerprint density at radius 3 is 2.78 bits per heavy atom. The van der Waals surface area contributed by atoms with Crippen molar-refractivity contribution in [1.82, 2.24) is 0 Å². The van der Waals surface area contributed by atoms with Gasteiger partial charge in [-0.15, -0.1) is 0 Å². The van der Waals surface area contributed by atoms with E-state index in [1.54, 1.807) is 19.1 Å². The number of benzene rings is 1. The quantitative estimate of drug-likeness (QED) is 0.670. The largest absolute Gasteiger partial charge is 0.498 e. The maximum atomic E-state index is 11.2. The summed E-state index contributed by atoms with van der Waals surface area (Å²) < 4.78 is 5.22. The summed E-state index contributed by atoms with van der Waals surface area (Å²) in [6.07, 6.45) is 7.29. The third kappa shape index (κ3) is 2.80. The fourth-order valence-electron chi connectivity index (χ4n) is 3.27. The number of fused-ring (bicyclic) bond motifs is 3. The van der Waals surface area contributed by atoms with Gasteiger partial charge in [-0.25, -0.2) is 0 Å². The van der Waals surface area contributed by atoms with E-state index in [4.69, 9.17) is 4.74 Å². The van der Waals surface area contributed by atoms with Crippen molar-refractivity contribution in [1.29, 1.82) is 0 Å². The molecule has 23 heavy (non-hydrogen) atoms. The molecule has 0 bridgehead atoms. The summed E-state index contributed by atoms with van der Waals surface area (Å²) in [7, 11) is 1.54. The first-order chi connectivity index (χ1) is 11.0. The van der Waals surface area contributed by atoms with E-state index < -0.39 is 6.10 Å². The molecule has 0 fully saturated rings. The molecule has 0 aliphatic heterocycles. The lowest BCUT2D eigenvalue weighted by atomic mass is 9.92. The molecular weight excluding hydrogens is 294 g/mol. The van der Waals surface area contributed by atoms with E-state index in [9.17, 15) is 15.2 Å². The number of hydrogen-bond donors (Lipinski definition) is 1. The normalized spacial score (nSPS) is 20.1. The standard InChI is InChI=1S/C18H19NO4/c1-11-8-15-12(9-16(11)19(21)22)4-3-5-13-10-17(20)18(23-2)7-6-14(13)15/h6-10,17,20H,3-5H2,1-2H3. The highest BCUT2D eigenvalue weighted by Crippen LogP contribution is 2.38. The molecule has 0 saturated heterocycles. The second kappa shape index (κ2) is 6.01. The van der Waals surface area contributed by atoms with Crippen LogP contribution in [-0.4, -0.2) is 23.2 Å². The first-order valence-corrected chi connectivity index (χ1v) is 7.64. The van der Waals surface area contributed by atoms with E-state index in [0.717, 1.165) is 41.5 Å². The van der Waals surface area contributed by atoms with Gasteiger partial charge in [-0.3, -0.25) is 10.1 Å². The first-order valence-electron chi connectivity index (χ1n) is 7.64. The van der Waals surface area contributed by atoms with Crippen molar-refractivity contribution in [3.63, 3.8) is 0 Å². The minimum absolute atomic E-state index is 0.165. The van der Waals surface area contributed by atoms with Gasteiger partial charge in [0.15, 0.2) is 0 Å². The second-order valence-electron chi connectivity index (χ2n) is 5.90. The minimum atomic E-state index is -0.760. The molecule has 0 spiro atoms. The molecule has 1 unspecified atom stereocenters. The average Bonchev–Trinajstić information content (AvgIpc) is 2.76. The number of aryl methyl sites for hydroxylation is 2. The summed E-state index contributed by atoms with van der Waals surface area (Å²) in [5, 5.41) is 21.4. The van der Waals surface area contributed by atoms with Crippen LogP contribution in [0.15, 0.2) is 41.7 Å². The zero-order chi connectivity index (χ0) is 16.6. The summed E-state index contributed by atoms with van der Waals surface area (Å²) in [6.45, 7) is 1.76. The highest BCUT2D eigenvalue weighted by Gasteiger charge is 2.24. The summed E-state index contributed by atoms with van der Waals surface area (Å²) >= 11 is 0. The van der Waals surface area contributed by atoms with E-state index in [-0.39, 0.29) is 10.6 Å². The Balaban J connectivity index is 2.18. The molecule has 120 valence electrons. The number of aliphatic hydroxyl groups excluding tert-OH is 1. The molecule has 5 nitrogen and oxygen atoms in total. The van der Waals surface area contributed by atoms with Crippen molar-refractivity contribution in [2.75, 3.05) is 7.11 Å². The molecule has 0 heterocycles. The molecule has 3 rings (SSSR count). The molecule has 0 saturated carbocycles. The number of hydrogen-bond acceptors (Lipinski definition) is 4. The SMILES string of the molecule is COC1=CC=C2C(=CC1O)CCCc1cc([N+](=O)[O-])c(C)cc12. The van der Waals surface area contributed by atoms with Crippen molar-refractivity contribution >= 4 is 11.3 Å². The molecule has 0 amide bonds. The van der Waals surface area contributed by atoms with Crippen molar-refractivity contribution in [3.8, 4) is 0 Å². The highest BCUT2D eigenvalue weighted by atomic mass is 16.6. The van der Waals surface area contributed by atoms with Crippen LogP contribution in [0.3, 0.4) is 0 Å². The van der Waals surface area contributed by atoms with E-state index in [0.29, 0.717) is 11.3 Å². The number of nitrogens with zero attached hydrogens (tertiary/aromatic N) is 1. The first kappa shape index (κ1) is 15.5. The van der Waals surface area contributed by atoms with Gasteiger partial charge in [-0.2, -0.15) is 0 Å². The Hall–Kier alpha value is -2.40. The molecule has 5 heteroatoms. The van der Waals surface area contributed by atoms with E-state index in [1.807, 2.05) is 18.2 Å². The number of rotatable bonds is 2. The number of aliphatic hydroxyl groups is 1. The molecule has 0 aromatic heterocycles. The van der Waals surface area contributed by atoms with Crippen LogP contribution in [-0.2, 0) is 11.2 Å². The average molecular weight is 313 g/mol. The van der Waals surface area contributed by atoms with Gasteiger partial charge in [0.05, 0.1) is 12.0 Å². The minimum Gasteiger partial charge on any atom is -0.498 e. The fourth-order valence-corrected chi connectivity index (χ4v) is 3.27. The van der Waals surface area contributed by atoms with Gasteiger partial charge in [-0.1, -0.05) is 6.08 Å². The molecule has 1 aromatic rings. The third-order valence-corrected chi connectivity index (χ3v) is 4.45. The van der Waals surface area contributed by atoms with Gasteiger partial charge in [0, 0.05) is 11.6 Å². The second-order valence-corrected chi connectivity index (χ2v) is 5.90. The Bertz CT molecular complexity index is 759. The maximum Gasteiger partial charge on any atom is 0.272 e. The topological polar surface area (TPSA) is 72.6 Å². The highest BCUT2D eigenvalue weighted by molar-refractivity contribution is 5.84. The van der Waals surface area contributed by atoms with Crippen LogP contribution in [0.1, 0.15) is 29.5 Å². The summed E-state index contributed by atoms with van der Waals surface area (Å²) in [4.78, 5) is 10.8. The molecule has 2 aliphatic carbocycles. The molecule has 0 radical (unpaired) electrons. The van der Waals surface area contributed by atoms with Crippen LogP contribution in [0.2, 0.25) is 0 Å². The van der Waals surface area contributed by atoms with Crippen LogP contribution >= 0.6 is 0 Å². The lowest BCUT2D eigenvalue weighted by Gasteiger charge is -2.13. The predicted octanol–water partition coefficient (Wildman–Crippen LogP) is 3.45. The van der Waals surface area contributed by atoms with Gasteiger partial charge in [0.1, 0.15) is 11.9 Å². The van der Waals surface area contributed by atoms with Crippen molar-refractivity contribution in [2.45, 2.75) is 32.3 Å². The maximum absolute atomic E-state index is 11.2. The molecule has 1 aromatic carbocycles. The van der Waals surface area contributed by atoms with Gasteiger partial charge >= 0.3 is 0 Å². The van der Waals surface area contributed by atoms with Gasteiger partial charge in [0.25, 0.3) is 5.69 Å². The zero-order valence-corrected chi connectivity index (χ0v) is 13.2. The van der Waals surface area contributed by atoms with Crippen molar-refractivity contribution in [2.24, 2.45) is 0 Å². The molecular formula is C18H19NO4. The van der Waals surface area contributed by atoms with Crippen LogP contribution in [0.25, 0.3) is 5.57 Å².